The Hall–Kier alpha value is -3.53. The lowest BCUT2D eigenvalue weighted by Crippen LogP contribution is -2.24. The Morgan fingerprint density at radius 3 is 2.70 bits per heavy atom. The van der Waals surface area contributed by atoms with Crippen molar-refractivity contribution in [1.29, 1.82) is 0 Å². The number of rotatable bonds is 7. The summed E-state index contributed by atoms with van der Waals surface area (Å²) in [4.78, 5) is 37.4. The molecule has 0 aliphatic carbocycles. The van der Waals surface area contributed by atoms with Gasteiger partial charge in [-0.3, -0.25) is 9.59 Å². The zero-order chi connectivity index (χ0) is 20.9. The van der Waals surface area contributed by atoms with Crippen LogP contribution in [0, 0.1) is 0 Å². The van der Waals surface area contributed by atoms with Crippen LogP contribution < -0.4 is 15.0 Å². The van der Waals surface area contributed by atoms with Crippen molar-refractivity contribution >= 4 is 51.9 Å². The lowest BCUT2D eigenvalue weighted by molar-refractivity contribution is -0.149. The van der Waals surface area contributed by atoms with Crippen LogP contribution in [-0.2, 0) is 19.1 Å². The van der Waals surface area contributed by atoms with Crippen molar-refractivity contribution in [3.63, 3.8) is 0 Å². The fraction of sp³-hybridized carbons (Fsp3) is 0.250. The van der Waals surface area contributed by atoms with Crippen LogP contribution in [0.5, 0.6) is 5.75 Å². The van der Waals surface area contributed by atoms with Crippen LogP contribution in [0.15, 0.2) is 42.5 Å². The zero-order valence-corrected chi connectivity index (χ0v) is 16.7. The van der Waals surface area contributed by atoms with Crippen LogP contribution in [0.2, 0.25) is 0 Å². The zero-order valence-electron chi connectivity index (χ0n) is 15.9. The molecule has 2 aromatic carbocycles. The minimum Gasteiger partial charge on any atom is -0.482 e. The molecule has 2 heterocycles. The molecule has 1 aliphatic rings. The SMILES string of the molecule is O=C(COC(=O)COc1ccc(N2CCCC2=O)cc1)Nc1cccc2nsnc12. The normalized spacial score (nSPS) is 13.5. The first kappa shape index (κ1) is 19.8. The third-order valence-electron chi connectivity index (χ3n) is 4.50. The molecule has 0 bridgehead atoms. The maximum Gasteiger partial charge on any atom is 0.344 e. The van der Waals surface area contributed by atoms with E-state index in [4.69, 9.17) is 9.47 Å². The number of benzene rings is 2. The molecule has 1 aromatic heterocycles. The summed E-state index contributed by atoms with van der Waals surface area (Å²) in [7, 11) is 0. The van der Waals surface area contributed by atoms with Gasteiger partial charge in [-0.05, 0) is 42.8 Å². The monoisotopic (exact) mass is 426 g/mol. The summed E-state index contributed by atoms with van der Waals surface area (Å²) in [5.74, 6) is -0.580. The summed E-state index contributed by atoms with van der Waals surface area (Å²) in [6, 6.07) is 12.2. The standard InChI is InChI=1S/C20H18N4O5S/c25-17(21-15-3-1-4-16-20(15)23-30-22-16)11-29-19(27)12-28-14-8-6-13(7-9-14)24-10-2-5-18(24)26/h1,3-4,6-9H,2,5,10-12H2,(H,21,25). The molecule has 154 valence electrons. The van der Waals surface area contributed by atoms with E-state index in [1.165, 1.54) is 0 Å². The average Bonchev–Trinajstić information content (AvgIpc) is 3.40. The van der Waals surface area contributed by atoms with Crippen LogP contribution in [0.25, 0.3) is 11.0 Å². The summed E-state index contributed by atoms with van der Waals surface area (Å²) >= 11 is 1.05. The van der Waals surface area contributed by atoms with Gasteiger partial charge >= 0.3 is 5.97 Å². The summed E-state index contributed by atoms with van der Waals surface area (Å²) in [6.45, 7) is -0.0616. The predicted molar refractivity (Wildman–Crippen MR) is 111 cm³/mol. The van der Waals surface area contributed by atoms with E-state index in [-0.39, 0.29) is 12.5 Å². The molecule has 0 spiro atoms. The van der Waals surface area contributed by atoms with Crippen LogP contribution in [0.4, 0.5) is 11.4 Å². The van der Waals surface area contributed by atoms with Crippen molar-refractivity contribution in [3.05, 3.63) is 42.5 Å². The molecule has 1 aliphatic heterocycles. The van der Waals surface area contributed by atoms with Gasteiger partial charge < -0.3 is 19.7 Å². The molecule has 1 saturated heterocycles. The van der Waals surface area contributed by atoms with Crippen molar-refractivity contribution in [2.24, 2.45) is 0 Å². The number of amides is 2. The predicted octanol–water partition coefficient (Wildman–Crippen LogP) is 2.38. The number of esters is 1. The Bertz CT molecular complexity index is 1080. The smallest absolute Gasteiger partial charge is 0.344 e. The van der Waals surface area contributed by atoms with Crippen molar-refractivity contribution in [3.8, 4) is 5.75 Å². The Kier molecular flexibility index (Phi) is 5.84. The fourth-order valence-corrected chi connectivity index (χ4v) is 3.62. The van der Waals surface area contributed by atoms with Gasteiger partial charge in [-0.25, -0.2) is 4.79 Å². The fourth-order valence-electron chi connectivity index (χ4n) is 3.07. The Labute approximate surface area is 175 Å². The van der Waals surface area contributed by atoms with Gasteiger partial charge in [0.2, 0.25) is 5.91 Å². The molecule has 3 aromatic rings. The molecule has 0 radical (unpaired) electrons. The van der Waals surface area contributed by atoms with Gasteiger partial charge in [0.25, 0.3) is 5.91 Å². The molecular formula is C20H18N4O5S. The third kappa shape index (κ3) is 4.54. The molecule has 9 nitrogen and oxygen atoms in total. The van der Waals surface area contributed by atoms with Crippen LogP contribution in [0.1, 0.15) is 12.8 Å². The molecule has 1 fully saturated rings. The van der Waals surface area contributed by atoms with Crippen LogP contribution in [0.3, 0.4) is 0 Å². The van der Waals surface area contributed by atoms with Gasteiger partial charge in [-0.1, -0.05) is 6.07 Å². The Morgan fingerprint density at radius 2 is 1.93 bits per heavy atom. The maximum atomic E-state index is 12.0. The Balaban J connectivity index is 1.22. The number of carbonyl (C=O) groups excluding carboxylic acids is 3. The minimum atomic E-state index is -0.669. The molecule has 0 saturated carbocycles. The molecule has 0 unspecified atom stereocenters. The van der Waals surface area contributed by atoms with Crippen molar-refractivity contribution in [2.75, 3.05) is 30.0 Å². The summed E-state index contributed by atoms with van der Waals surface area (Å²) in [5.41, 5.74) is 2.58. The van der Waals surface area contributed by atoms with E-state index in [0.29, 0.717) is 35.4 Å². The van der Waals surface area contributed by atoms with Crippen molar-refractivity contribution in [1.82, 2.24) is 8.75 Å². The number of carbonyl (C=O) groups is 3. The van der Waals surface area contributed by atoms with E-state index in [1.54, 1.807) is 47.4 Å². The number of ether oxygens (including phenoxy) is 2. The third-order valence-corrected chi connectivity index (χ3v) is 5.05. The largest absolute Gasteiger partial charge is 0.482 e. The number of aromatic nitrogens is 2. The lowest BCUT2D eigenvalue weighted by atomic mass is 10.2. The molecule has 10 heteroatoms. The topological polar surface area (TPSA) is 111 Å². The summed E-state index contributed by atoms with van der Waals surface area (Å²) < 4.78 is 18.6. The molecule has 30 heavy (non-hydrogen) atoms. The van der Waals surface area contributed by atoms with E-state index < -0.39 is 18.5 Å². The van der Waals surface area contributed by atoms with Crippen LogP contribution in [-0.4, -0.2) is 46.3 Å². The highest BCUT2D eigenvalue weighted by molar-refractivity contribution is 7.00. The van der Waals surface area contributed by atoms with E-state index in [2.05, 4.69) is 14.1 Å². The number of fused-ring (bicyclic) bond motifs is 1. The van der Waals surface area contributed by atoms with E-state index in [0.717, 1.165) is 23.8 Å². The molecule has 0 atom stereocenters. The first-order valence-corrected chi connectivity index (χ1v) is 10.0. The molecular weight excluding hydrogens is 408 g/mol. The van der Waals surface area contributed by atoms with Gasteiger partial charge in [0, 0.05) is 18.7 Å². The van der Waals surface area contributed by atoms with Gasteiger partial charge in [-0.2, -0.15) is 8.75 Å². The van der Waals surface area contributed by atoms with Gasteiger partial charge in [0.15, 0.2) is 13.2 Å². The second kappa shape index (κ2) is 8.87. The maximum absolute atomic E-state index is 12.0. The molecule has 4 rings (SSSR count). The first-order chi connectivity index (χ1) is 14.6. The number of anilines is 2. The Morgan fingerprint density at radius 1 is 1.10 bits per heavy atom. The van der Waals surface area contributed by atoms with Crippen LogP contribution >= 0.6 is 11.7 Å². The quantitative estimate of drug-likeness (QED) is 0.578. The number of nitrogens with one attached hydrogen (secondary N) is 1. The van der Waals surface area contributed by atoms with Crippen molar-refractivity contribution in [2.45, 2.75) is 12.8 Å². The highest BCUT2D eigenvalue weighted by Crippen LogP contribution is 2.24. The minimum absolute atomic E-state index is 0.104. The van der Waals surface area contributed by atoms with E-state index in [9.17, 15) is 14.4 Å². The highest BCUT2D eigenvalue weighted by atomic mass is 32.1. The average molecular weight is 426 g/mol. The van der Waals surface area contributed by atoms with Gasteiger partial charge in [-0.15, -0.1) is 0 Å². The number of nitrogens with zero attached hydrogens (tertiary/aromatic N) is 3. The second-order valence-corrected chi connectivity index (χ2v) is 7.11. The highest BCUT2D eigenvalue weighted by Gasteiger charge is 2.21. The number of hydrogen-bond donors (Lipinski definition) is 1. The van der Waals surface area contributed by atoms with Gasteiger partial charge in [0.05, 0.1) is 17.4 Å². The van der Waals surface area contributed by atoms with Gasteiger partial charge in [0.1, 0.15) is 16.8 Å². The summed E-state index contributed by atoms with van der Waals surface area (Å²) in [6.07, 6.45) is 1.42. The first-order valence-electron chi connectivity index (χ1n) is 9.30. The van der Waals surface area contributed by atoms with Crippen molar-refractivity contribution < 1.29 is 23.9 Å². The summed E-state index contributed by atoms with van der Waals surface area (Å²) in [5, 5.41) is 2.65. The second-order valence-electron chi connectivity index (χ2n) is 6.58. The number of hydrogen-bond acceptors (Lipinski definition) is 8. The lowest BCUT2D eigenvalue weighted by Gasteiger charge is -2.16. The van der Waals surface area contributed by atoms with E-state index >= 15 is 0 Å². The molecule has 1 N–H and O–H groups in total. The molecule has 2 amide bonds. The van der Waals surface area contributed by atoms with E-state index in [1.807, 2.05) is 0 Å².